The van der Waals surface area contributed by atoms with E-state index in [9.17, 15) is 9.18 Å². The van der Waals surface area contributed by atoms with E-state index in [1.165, 1.54) is 12.1 Å². The number of carbonyl (C=O) groups is 1. The van der Waals surface area contributed by atoms with Gasteiger partial charge in [-0.15, -0.1) is 0 Å². The Morgan fingerprint density at radius 2 is 2.18 bits per heavy atom. The summed E-state index contributed by atoms with van der Waals surface area (Å²) >= 11 is 4.14. The first kappa shape index (κ1) is 13.5. The van der Waals surface area contributed by atoms with Gasteiger partial charge in [-0.2, -0.15) is 17.9 Å². The Hall–Kier alpha value is -1.54. The summed E-state index contributed by atoms with van der Waals surface area (Å²) in [6.45, 7) is 3.71. The maximum atomic E-state index is 13.5. The zero-order valence-electron chi connectivity index (χ0n) is 9.57. The van der Waals surface area contributed by atoms with Crippen LogP contribution >= 0.6 is 12.6 Å². The molecular weight excluding hydrogens is 239 g/mol. The number of rotatable bonds is 3. The number of amides is 1. The Morgan fingerprint density at radius 1 is 1.53 bits per heavy atom. The summed E-state index contributed by atoms with van der Waals surface area (Å²) < 4.78 is 13.5. The van der Waals surface area contributed by atoms with E-state index in [1.54, 1.807) is 0 Å². The van der Waals surface area contributed by atoms with Crippen LogP contribution in [-0.2, 0) is 4.79 Å². The summed E-state index contributed by atoms with van der Waals surface area (Å²) in [6, 6.07) is 5.72. The fourth-order valence-corrected chi connectivity index (χ4v) is 1.26. The molecule has 0 heterocycles. The molecule has 0 aromatic heterocycles. The largest absolute Gasteiger partial charge is 0.323 e. The van der Waals surface area contributed by atoms with Crippen LogP contribution in [0, 0.1) is 23.1 Å². The minimum absolute atomic E-state index is 0.0553. The van der Waals surface area contributed by atoms with Crippen LogP contribution < -0.4 is 5.32 Å². The van der Waals surface area contributed by atoms with E-state index >= 15 is 0 Å². The lowest BCUT2D eigenvalue weighted by atomic mass is 10.1. The molecule has 1 aromatic carbocycles. The number of benzene rings is 1. The summed E-state index contributed by atoms with van der Waals surface area (Å²) in [5.41, 5.74) is 0.278. The summed E-state index contributed by atoms with van der Waals surface area (Å²) in [7, 11) is 0. The maximum absolute atomic E-state index is 13.5. The molecule has 0 bridgehead atoms. The average molecular weight is 252 g/mol. The number of hydrogen-bond donors (Lipinski definition) is 2. The zero-order valence-corrected chi connectivity index (χ0v) is 10.5. The predicted molar refractivity (Wildman–Crippen MR) is 67.4 cm³/mol. The van der Waals surface area contributed by atoms with Crippen LogP contribution in [-0.4, -0.2) is 11.2 Å². The Morgan fingerprint density at radius 3 is 2.65 bits per heavy atom. The van der Waals surface area contributed by atoms with Crippen molar-refractivity contribution in [2.24, 2.45) is 5.92 Å². The molecule has 0 aliphatic carbocycles. The van der Waals surface area contributed by atoms with Gasteiger partial charge in [-0.25, -0.2) is 4.39 Å². The van der Waals surface area contributed by atoms with Crippen LogP contribution in [0.2, 0.25) is 0 Å². The van der Waals surface area contributed by atoms with E-state index < -0.39 is 11.1 Å². The molecule has 1 unspecified atom stereocenters. The maximum Gasteiger partial charge on any atom is 0.237 e. The first-order valence-electron chi connectivity index (χ1n) is 5.14. The van der Waals surface area contributed by atoms with Crippen molar-refractivity contribution in [1.82, 2.24) is 0 Å². The fraction of sp³-hybridized carbons (Fsp3) is 0.333. The highest BCUT2D eigenvalue weighted by atomic mass is 32.1. The van der Waals surface area contributed by atoms with Gasteiger partial charge in [0.15, 0.2) is 0 Å². The molecule has 90 valence electrons. The third-order valence-corrected chi connectivity index (χ3v) is 3.09. The second-order valence-corrected chi connectivity index (χ2v) is 4.54. The van der Waals surface area contributed by atoms with Crippen LogP contribution in [0.4, 0.5) is 10.1 Å². The van der Waals surface area contributed by atoms with Crippen LogP contribution in [0.5, 0.6) is 0 Å². The van der Waals surface area contributed by atoms with E-state index in [1.807, 2.05) is 19.9 Å². The molecule has 1 aromatic rings. The van der Waals surface area contributed by atoms with Gasteiger partial charge in [0.05, 0.1) is 22.6 Å². The predicted octanol–water partition coefficient (Wildman–Crippen LogP) is 2.59. The minimum atomic E-state index is -0.623. The lowest BCUT2D eigenvalue weighted by Crippen LogP contribution is -2.27. The van der Waals surface area contributed by atoms with Crippen LogP contribution in [0.1, 0.15) is 19.4 Å². The molecule has 17 heavy (non-hydrogen) atoms. The molecule has 0 aliphatic heterocycles. The zero-order chi connectivity index (χ0) is 13.0. The third-order valence-electron chi connectivity index (χ3n) is 2.26. The molecule has 0 spiro atoms. The van der Waals surface area contributed by atoms with E-state index in [0.717, 1.165) is 6.07 Å². The lowest BCUT2D eigenvalue weighted by molar-refractivity contribution is -0.116. The number of nitrogens with one attached hydrogen (secondary N) is 1. The summed E-state index contributed by atoms with van der Waals surface area (Å²) in [5, 5.41) is 10.5. The van der Waals surface area contributed by atoms with E-state index in [-0.39, 0.29) is 23.1 Å². The molecule has 1 atom stereocenters. The number of halogens is 1. The van der Waals surface area contributed by atoms with Crippen molar-refractivity contribution >= 4 is 24.2 Å². The van der Waals surface area contributed by atoms with Crippen LogP contribution in [0.25, 0.3) is 0 Å². The first-order chi connectivity index (χ1) is 7.95. The van der Waals surface area contributed by atoms with Crippen molar-refractivity contribution in [2.75, 3.05) is 5.32 Å². The first-order valence-corrected chi connectivity index (χ1v) is 5.66. The lowest BCUT2D eigenvalue weighted by Gasteiger charge is -2.14. The Kier molecular flexibility index (Phi) is 4.53. The van der Waals surface area contributed by atoms with Crippen molar-refractivity contribution < 1.29 is 9.18 Å². The molecule has 0 aliphatic rings. The summed E-state index contributed by atoms with van der Waals surface area (Å²) in [4.78, 5) is 11.6. The van der Waals surface area contributed by atoms with Gasteiger partial charge in [-0.3, -0.25) is 4.79 Å². The fourth-order valence-electron chi connectivity index (χ4n) is 1.20. The molecule has 0 radical (unpaired) electrons. The highest BCUT2D eigenvalue weighted by molar-refractivity contribution is 7.81. The van der Waals surface area contributed by atoms with E-state index in [0.29, 0.717) is 0 Å². The van der Waals surface area contributed by atoms with Crippen molar-refractivity contribution in [3.8, 4) is 6.07 Å². The number of carbonyl (C=O) groups excluding carboxylic acids is 1. The molecule has 5 heteroatoms. The molecule has 0 saturated carbocycles. The van der Waals surface area contributed by atoms with Crippen LogP contribution in [0.15, 0.2) is 18.2 Å². The van der Waals surface area contributed by atoms with Gasteiger partial charge in [0.1, 0.15) is 5.82 Å². The summed E-state index contributed by atoms with van der Waals surface area (Å²) in [5.74, 6) is -0.923. The number of nitrogens with zero attached hydrogens (tertiary/aromatic N) is 1. The SMILES string of the molecule is CC(C)C(S)C(=O)Nc1ccc(C#N)cc1F. The Balaban J connectivity index is 2.83. The number of thiol groups is 1. The van der Waals surface area contributed by atoms with Gasteiger partial charge in [-0.05, 0) is 24.1 Å². The molecule has 1 amide bonds. The van der Waals surface area contributed by atoms with Gasteiger partial charge in [0, 0.05) is 0 Å². The topological polar surface area (TPSA) is 52.9 Å². The van der Waals surface area contributed by atoms with E-state index in [4.69, 9.17) is 5.26 Å². The number of anilines is 1. The Bertz CT molecular complexity index is 468. The smallest absolute Gasteiger partial charge is 0.237 e. The van der Waals surface area contributed by atoms with Gasteiger partial charge in [0.2, 0.25) is 5.91 Å². The highest BCUT2D eigenvalue weighted by Gasteiger charge is 2.18. The van der Waals surface area contributed by atoms with Crippen molar-refractivity contribution in [2.45, 2.75) is 19.1 Å². The number of nitriles is 1. The third kappa shape index (κ3) is 3.46. The van der Waals surface area contributed by atoms with Gasteiger partial charge < -0.3 is 5.32 Å². The molecular formula is C12H13FN2OS. The molecule has 1 N–H and O–H groups in total. The summed E-state index contributed by atoms with van der Waals surface area (Å²) in [6.07, 6.45) is 0. The van der Waals surface area contributed by atoms with Crippen molar-refractivity contribution in [1.29, 1.82) is 5.26 Å². The minimum Gasteiger partial charge on any atom is -0.323 e. The van der Waals surface area contributed by atoms with Gasteiger partial charge >= 0.3 is 0 Å². The standard InChI is InChI=1S/C12H13FN2OS/c1-7(2)11(17)12(16)15-10-4-3-8(6-14)5-9(10)13/h3-5,7,11,17H,1-2H3,(H,15,16). The molecule has 0 fully saturated rings. The molecule has 3 nitrogen and oxygen atoms in total. The second kappa shape index (κ2) is 5.69. The average Bonchev–Trinajstić information content (AvgIpc) is 2.30. The van der Waals surface area contributed by atoms with E-state index in [2.05, 4.69) is 17.9 Å². The quantitative estimate of drug-likeness (QED) is 0.812. The molecule has 1 rings (SSSR count). The highest BCUT2D eigenvalue weighted by Crippen LogP contribution is 2.18. The van der Waals surface area contributed by atoms with Crippen molar-refractivity contribution in [3.05, 3.63) is 29.6 Å². The Labute approximate surface area is 105 Å². The normalized spacial score (nSPS) is 12.0. The van der Waals surface area contributed by atoms with Crippen LogP contribution in [0.3, 0.4) is 0 Å². The van der Waals surface area contributed by atoms with Gasteiger partial charge in [-0.1, -0.05) is 13.8 Å². The monoisotopic (exact) mass is 252 g/mol. The second-order valence-electron chi connectivity index (χ2n) is 3.98. The molecule has 0 saturated heterocycles. The van der Waals surface area contributed by atoms with Crippen molar-refractivity contribution in [3.63, 3.8) is 0 Å². The number of hydrogen-bond acceptors (Lipinski definition) is 3. The van der Waals surface area contributed by atoms with Gasteiger partial charge in [0.25, 0.3) is 0 Å².